The lowest BCUT2D eigenvalue weighted by Gasteiger charge is -2.21. The van der Waals surface area contributed by atoms with Crippen LogP contribution in [-0.2, 0) is 4.79 Å². The van der Waals surface area contributed by atoms with Gasteiger partial charge < -0.3 is 15.7 Å². The summed E-state index contributed by atoms with van der Waals surface area (Å²) in [6.45, 7) is 2.40. The summed E-state index contributed by atoms with van der Waals surface area (Å²) in [6.07, 6.45) is 2.87. The predicted molar refractivity (Wildman–Crippen MR) is 87.9 cm³/mol. The number of aliphatic hydroxyl groups is 1. The van der Waals surface area contributed by atoms with Gasteiger partial charge in [-0.15, -0.1) is 11.3 Å². The second-order valence-corrected chi connectivity index (χ2v) is 6.67. The zero-order valence-electron chi connectivity index (χ0n) is 12.3. The summed E-state index contributed by atoms with van der Waals surface area (Å²) >= 11 is 2.92. The highest BCUT2D eigenvalue weighted by Gasteiger charge is 2.17. The van der Waals surface area contributed by atoms with Crippen molar-refractivity contribution >= 4 is 34.9 Å². The SMILES string of the molecule is CSC(CO)C(C)NC(=O)CCCNC(=O)c1cccs1. The molecule has 0 saturated heterocycles. The normalized spacial score (nSPS) is 13.5. The molecule has 0 aliphatic heterocycles. The minimum Gasteiger partial charge on any atom is -0.395 e. The molecule has 3 N–H and O–H groups in total. The van der Waals surface area contributed by atoms with Gasteiger partial charge in [-0.1, -0.05) is 6.07 Å². The first-order valence-electron chi connectivity index (χ1n) is 6.83. The third-order valence-electron chi connectivity index (χ3n) is 3.04. The molecule has 118 valence electrons. The molecule has 5 nitrogen and oxygen atoms in total. The molecule has 2 unspecified atom stereocenters. The summed E-state index contributed by atoms with van der Waals surface area (Å²) in [6, 6.07) is 3.53. The Morgan fingerprint density at radius 2 is 2.24 bits per heavy atom. The number of hydrogen-bond acceptors (Lipinski definition) is 5. The Labute approximate surface area is 133 Å². The lowest BCUT2D eigenvalue weighted by atomic mass is 10.2. The van der Waals surface area contributed by atoms with E-state index in [4.69, 9.17) is 5.11 Å². The van der Waals surface area contributed by atoms with Crippen LogP contribution in [0.15, 0.2) is 17.5 Å². The van der Waals surface area contributed by atoms with Gasteiger partial charge in [-0.25, -0.2) is 0 Å². The molecule has 1 rings (SSSR count). The van der Waals surface area contributed by atoms with Crippen LogP contribution in [0.5, 0.6) is 0 Å². The van der Waals surface area contributed by atoms with Gasteiger partial charge in [0.25, 0.3) is 5.91 Å². The Hall–Kier alpha value is -1.05. The Bertz CT molecular complexity index is 433. The van der Waals surface area contributed by atoms with Gasteiger partial charge >= 0.3 is 0 Å². The summed E-state index contributed by atoms with van der Waals surface area (Å²) in [5.74, 6) is -0.151. The van der Waals surface area contributed by atoms with E-state index < -0.39 is 0 Å². The lowest BCUT2D eigenvalue weighted by molar-refractivity contribution is -0.121. The maximum atomic E-state index is 11.8. The number of rotatable bonds is 9. The topological polar surface area (TPSA) is 78.4 Å². The third kappa shape index (κ3) is 6.50. The van der Waals surface area contributed by atoms with E-state index in [1.165, 1.54) is 23.1 Å². The van der Waals surface area contributed by atoms with Crippen molar-refractivity contribution in [2.24, 2.45) is 0 Å². The molecule has 1 aromatic rings. The van der Waals surface area contributed by atoms with Crippen LogP contribution in [-0.4, -0.2) is 47.6 Å². The highest BCUT2D eigenvalue weighted by atomic mass is 32.2. The van der Waals surface area contributed by atoms with E-state index >= 15 is 0 Å². The molecular weight excluding hydrogens is 308 g/mol. The number of hydrogen-bond donors (Lipinski definition) is 3. The molecule has 1 aromatic heterocycles. The highest BCUT2D eigenvalue weighted by Crippen LogP contribution is 2.10. The van der Waals surface area contributed by atoms with Gasteiger partial charge in [-0.05, 0) is 31.0 Å². The third-order valence-corrected chi connectivity index (χ3v) is 5.07. The molecule has 0 saturated carbocycles. The second-order valence-electron chi connectivity index (χ2n) is 4.65. The van der Waals surface area contributed by atoms with Gasteiger partial charge in [0, 0.05) is 24.3 Å². The number of carbonyl (C=O) groups is 2. The largest absolute Gasteiger partial charge is 0.395 e. The van der Waals surface area contributed by atoms with Gasteiger partial charge in [0.2, 0.25) is 5.91 Å². The van der Waals surface area contributed by atoms with Gasteiger partial charge in [-0.3, -0.25) is 9.59 Å². The molecule has 0 aliphatic carbocycles. The Balaban J connectivity index is 2.17. The van der Waals surface area contributed by atoms with E-state index in [-0.39, 0.29) is 29.7 Å². The van der Waals surface area contributed by atoms with Gasteiger partial charge in [0.1, 0.15) is 0 Å². The quantitative estimate of drug-likeness (QED) is 0.600. The molecule has 0 radical (unpaired) electrons. The number of amides is 2. The molecule has 0 fully saturated rings. The fourth-order valence-electron chi connectivity index (χ4n) is 1.80. The molecule has 21 heavy (non-hydrogen) atoms. The maximum Gasteiger partial charge on any atom is 0.261 e. The number of thioether (sulfide) groups is 1. The van der Waals surface area contributed by atoms with Crippen LogP contribution in [0.25, 0.3) is 0 Å². The van der Waals surface area contributed by atoms with Crippen molar-refractivity contribution in [3.63, 3.8) is 0 Å². The lowest BCUT2D eigenvalue weighted by Crippen LogP contribution is -2.41. The summed E-state index contributed by atoms with van der Waals surface area (Å²) < 4.78 is 0. The zero-order valence-corrected chi connectivity index (χ0v) is 13.9. The first-order chi connectivity index (χ1) is 10.1. The molecule has 0 spiro atoms. The Morgan fingerprint density at radius 1 is 1.48 bits per heavy atom. The fourth-order valence-corrected chi connectivity index (χ4v) is 3.07. The van der Waals surface area contributed by atoms with Gasteiger partial charge in [-0.2, -0.15) is 11.8 Å². The molecule has 0 aromatic carbocycles. The molecule has 0 bridgehead atoms. The van der Waals surface area contributed by atoms with Crippen molar-refractivity contribution in [1.82, 2.24) is 10.6 Å². The van der Waals surface area contributed by atoms with E-state index in [0.717, 1.165) is 0 Å². The molecule has 0 aliphatic rings. The first-order valence-corrected chi connectivity index (χ1v) is 9.00. The molecule has 7 heteroatoms. The monoisotopic (exact) mass is 330 g/mol. The van der Waals surface area contributed by atoms with E-state index in [2.05, 4.69) is 10.6 Å². The van der Waals surface area contributed by atoms with E-state index in [1.54, 1.807) is 6.07 Å². The van der Waals surface area contributed by atoms with Crippen LogP contribution in [0.3, 0.4) is 0 Å². The van der Waals surface area contributed by atoms with Crippen molar-refractivity contribution in [3.05, 3.63) is 22.4 Å². The number of carbonyl (C=O) groups excluding carboxylic acids is 2. The van der Waals surface area contributed by atoms with E-state index in [9.17, 15) is 9.59 Å². The molecule has 2 amide bonds. The number of aliphatic hydroxyl groups excluding tert-OH is 1. The van der Waals surface area contributed by atoms with Crippen LogP contribution in [0, 0.1) is 0 Å². The number of nitrogens with one attached hydrogen (secondary N) is 2. The standard InChI is InChI=1S/C14H22N2O3S2/c1-10(12(9-17)20-2)16-13(18)6-3-7-15-14(19)11-5-4-8-21-11/h4-5,8,10,12,17H,3,6-7,9H2,1-2H3,(H,15,19)(H,16,18). The average Bonchev–Trinajstić information content (AvgIpc) is 2.99. The van der Waals surface area contributed by atoms with Crippen molar-refractivity contribution in [2.75, 3.05) is 19.4 Å². The fraction of sp³-hybridized carbons (Fsp3) is 0.571. The minimum absolute atomic E-state index is 0.00693. The van der Waals surface area contributed by atoms with Gasteiger partial charge in [0.15, 0.2) is 0 Å². The maximum absolute atomic E-state index is 11.8. The Morgan fingerprint density at radius 3 is 2.81 bits per heavy atom. The Kier molecular flexibility index (Phi) is 8.41. The second kappa shape index (κ2) is 9.81. The first kappa shape index (κ1) is 18.0. The average molecular weight is 330 g/mol. The molecule has 2 atom stereocenters. The van der Waals surface area contributed by atoms with Crippen LogP contribution in [0.4, 0.5) is 0 Å². The van der Waals surface area contributed by atoms with Crippen LogP contribution >= 0.6 is 23.1 Å². The minimum atomic E-state index is -0.0958. The van der Waals surface area contributed by atoms with Crippen LogP contribution in [0.1, 0.15) is 29.4 Å². The highest BCUT2D eigenvalue weighted by molar-refractivity contribution is 7.99. The number of thiophene rings is 1. The summed E-state index contributed by atoms with van der Waals surface area (Å²) in [7, 11) is 0. The van der Waals surface area contributed by atoms with Crippen molar-refractivity contribution in [3.8, 4) is 0 Å². The molecule has 1 heterocycles. The van der Waals surface area contributed by atoms with Crippen LogP contribution in [0.2, 0.25) is 0 Å². The van der Waals surface area contributed by atoms with E-state index in [0.29, 0.717) is 24.3 Å². The predicted octanol–water partition coefficient (Wildman–Crippen LogP) is 1.49. The van der Waals surface area contributed by atoms with E-state index in [1.807, 2.05) is 24.6 Å². The van der Waals surface area contributed by atoms with Crippen molar-refractivity contribution in [1.29, 1.82) is 0 Å². The summed E-state index contributed by atoms with van der Waals surface area (Å²) in [5, 5.41) is 16.7. The van der Waals surface area contributed by atoms with Crippen molar-refractivity contribution < 1.29 is 14.7 Å². The summed E-state index contributed by atoms with van der Waals surface area (Å²) in [4.78, 5) is 24.1. The van der Waals surface area contributed by atoms with Gasteiger partial charge in [0.05, 0.1) is 11.5 Å². The smallest absolute Gasteiger partial charge is 0.261 e. The van der Waals surface area contributed by atoms with Crippen molar-refractivity contribution in [2.45, 2.75) is 31.1 Å². The summed E-state index contributed by atoms with van der Waals surface area (Å²) in [5.41, 5.74) is 0. The zero-order chi connectivity index (χ0) is 15.7. The van der Waals surface area contributed by atoms with Crippen LogP contribution < -0.4 is 10.6 Å². The molecular formula is C14H22N2O3S2.